The molecule has 0 radical (unpaired) electrons. The minimum absolute atomic E-state index is 0.0990. The van der Waals surface area contributed by atoms with Gasteiger partial charge in [0.15, 0.2) is 0 Å². The number of aliphatic carboxylic acids is 1. The molecule has 0 aliphatic carbocycles. The van der Waals surface area contributed by atoms with E-state index in [4.69, 9.17) is 5.11 Å². The fraction of sp³-hybridized carbons (Fsp3) is 0.357. The number of aromatic nitrogens is 1. The number of carboxylic acids is 1. The number of carbonyl (C=O) groups excluding carboxylic acids is 1. The minimum Gasteiger partial charge on any atom is -0.478 e. The van der Waals surface area contributed by atoms with Gasteiger partial charge in [0.1, 0.15) is 5.69 Å². The molecule has 1 heterocycles. The Morgan fingerprint density at radius 2 is 2.11 bits per heavy atom. The summed E-state index contributed by atoms with van der Waals surface area (Å²) in [7, 11) is 0. The van der Waals surface area contributed by atoms with E-state index < -0.39 is 5.97 Å². The molecule has 0 saturated carbocycles. The van der Waals surface area contributed by atoms with Crippen LogP contribution in [-0.2, 0) is 4.79 Å². The summed E-state index contributed by atoms with van der Waals surface area (Å²) in [6.45, 7) is 5.30. The maximum absolute atomic E-state index is 12.1. The molecule has 0 aliphatic heterocycles. The van der Waals surface area contributed by atoms with Crippen molar-refractivity contribution >= 4 is 18.0 Å². The van der Waals surface area contributed by atoms with Crippen LogP contribution in [0.15, 0.2) is 24.4 Å². The summed E-state index contributed by atoms with van der Waals surface area (Å²) in [6, 6.07) is 3.29. The first kappa shape index (κ1) is 14.9. The highest BCUT2D eigenvalue weighted by atomic mass is 16.4. The summed E-state index contributed by atoms with van der Waals surface area (Å²) in [5.74, 6) is -1.11. The molecular formula is C14H18N2O3. The highest BCUT2D eigenvalue weighted by Gasteiger charge is 2.13. The molecular weight excluding hydrogens is 244 g/mol. The molecule has 1 rings (SSSR count). The molecule has 0 saturated heterocycles. The van der Waals surface area contributed by atoms with Crippen molar-refractivity contribution in [1.82, 2.24) is 9.88 Å². The van der Waals surface area contributed by atoms with Crippen LogP contribution in [0.2, 0.25) is 0 Å². The average molecular weight is 262 g/mol. The van der Waals surface area contributed by atoms with Crippen LogP contribution in [0.25, 0.3) is 6.08 Å². The van der Waals surface area contributed by atoms with Crippen molar-refractivity contribution in [2.24, 2.45) is 0 Å². The largest absolute Gasteiger partial charge is 0.478 e. The topological polar surface area (TPSA) is 70.5 Å². The Morgan fingerprint density at radius 1 is 1.37 bits per heavy atom. The molecule has 19 heavy (non-hydrogen) atoms. The van der Waals surface area contributed by atoms with Crippen molar-refractivity contribution in [1.29, 1.82) is 0 Å². The fourth-order valence-electron chi connectivity index (χ4n) is 1.63. The number of carboxylic acid groups (broad SMARTS) is 1. The third kappa shape index (κ3) is 4.54. The SMILES string of the molecule is CCCN(CC)C(=O)c1ccc(C=CC(=O)O)cn1. The predicted molar refractivity (Wildman–Crippen MR) is 72.8 cm³/mol. The summed E-state index contributed by atoms with van der Waals surface area (Å²) >= 11 is 0. The van der Waals surface area contributed by atoms with Crippen molar-refractivity contribution in [2.75, 3.05) is 13.1 Å². The van der Waals surface area contributed by atoms with E-state index in [0.717, 1.165) is 12.5 Å². The van der Waals surface area contributed by atoms with Gasteiger partial charge in [0.2, 0.25) is 0 Å². The van der Waals surface area contributed by atoms with E-state index in [1.165, 1.54) is 12.3 Å². The van der Waals surface area contributed by atoms with E-state index >= 15 is 0 Å². The Morgan fingerprint density at radius 3 is 2.58 bits per heavy atom. The molecule has 102 valence electrons. The van der Waals surface area contributed by atoms with Crippen molar-refractivity contribution in [3.05, 3.63) is 35.7 Å². The molecule has 0 spiro atoms. The number of pyridine rings is 1. The predicted octanol–water partition coefficient (Wildman–Crippen LogP) is 2.05. The lowest BCUT2D eigenvalue weighted by Crippen LogP contribution is -2.32. The van der Waals surface area contributed by atoms with Crippen molar-refractivity contribution < 1.29 is 14.7 Å². The van der Waals surface area contributed by atoms with E-state index in [9.17, 15) is 9.59 Å². The molecule has 5 nitrogen and oxygen atoms in total. The number of amides is 1. The zero-order valence-electron chi connectivity index (χ0n) is 11.2. The second-order valence-corrected chi connectivity index (χ2v) is 4.03. The van der Waals surface area contributed by atoms with Crippen LogP contribution in [0.5, 0.6) is 0 Å². The van der Waals surface area contributed by atoms with Crippen LogP contribution in [0.4, 0.5) is 0 Å². The summed E-state index contributed by atoms with van der Waals surface area (Å²) in [6.07, 6.45) is 4.87. The van der Waals surface area contributed by atoms with Gasteiger partial charge in [-0.15, -0.1) is 0 Å². The molecule has 1 aromatic rings. The molecule has 1 aromatic heterocycles. The lowest BCUT2D eigenvalue weighted by Gasteiger charge is -2.19. The third-order valence-electron chi connectivity index (χ3n) is 2.59. The van der Waals surface area contributed by atoms with Crippen LogP contribution in [0.3, 0.4) is 0 Å². The van der Waals surface area contributed by atoms with E-state index in [-0.39, 0.29) is 5.91 Å². The molecule has 0 fully saturated rings. The van der Waals surface area contributed by atoms with E-state index in [0.29, 0.717) is 24.3 Å². The van der Waals surface area contributed by atoms with Gasteiger partial charge in [-0.3, -0.25) is 9.78 Å². The molecule has 5 heteroatoms. The first-order chi connectivity index (χ1) is 9.08. The Bertz CT molecular complexity index is 466. The molecule has 1 N–H and O–H groups in total. The van der Waals surface area contributed by atoms with Crippen LogP contribution in [0.1, 0.15) is 36.3 Å². The second kappa shape index (κ2) is 7.31. The van der Waals surface area contributed by atoms with Gasteiger partial charge in [0.05, 0.1) is 0 Å². The van der Waals surface area contributed by atoms with Gasteiger partial charge in [0.25, 0.3) is 5.91 Å². The van der Waals surface area contributed by atoms with E-state index in [1.807, 2.05) is 13.8 Å². The Kier molecular flexibility index (Phi) is 5.73. The van der Waals surface area contributed by atoms with Gasteiger partial charge < -0.3 is 10.0 Å². The monoisotopic (exact) mass is 262 g/mol. The maximum atomic E-state index is 12.1. The summed E-state index contributed by atoms with van der Waals surface area (Å²) < 4.78 is 0. The molecule has 0 unspecified atom stereocenters. The van der Waals surface area contributed by atoms with Crippen molar-refractivity contribution in [2.45, 2.75) is 20.3 Å². The molecule has 1 amide bonds. The summed E-state index contributed by atoms with van der Waals surface area (Å²) in [4.78, 5) is 28.3. The number of hydrogen-bond donors (Lipinski definition) is 1. The van der Waals surface area contributed by atoms with Crippen LogP contribution >= 0.6 is 0 Å². The van der Waals surface area contributed by atoms with Crippen LogP contribution in [-0.4, -0.2) is 40.0 Å². The lowest BCUT2D eigenvalue weighted by molar-refractivity contribution is -0.131. The second-order valence-electron chi connectivity index (χ2n) is 4.03. The number of rotatable bonds is 6. The van der Waals surface area contributed by atoms with Gasteiger partial charge >= 0.3 is 5.97 Å². The zero-order valence-corrected chi connectivity index (χ0v) is 11.2. The van der Waals surface area contributed by atoms with Gasteiger partial charge in [-0.1, -0.05) is 13.0 Å². The Balaban J connectivity index is 2.80. The molecule has 0 bridgehead atoms. The molecule has 0 aromatic carbocycles. The summed E-state index contributed by atoms with van der Waals surface area (Å²) in [5, 5.41) is 8.51. The van der Waals surface area contributed by atoms with Gasteiger partial charge in [-0.2, -0.15) is 0 Å². The van der Waals surface area contributed by atoms with Gasteiger partial charge in [0, 0.05) is 25.4 Å². The highest BCUT2D eigenvalue weighted by Crippen LogP contribution is 2.06. The van der Waals surface area contributed by atoms with Crippen molar-refractivity contribution in [3.63, 3.8) is 0 Å². The maximum Gasteiger partial charge on any atom is 0.328 e. The van der Waals surface area contributed by atoms with Crippen molar-refractivity contribution in [3.8, 4) is 0 Å². The quantitative estimate of drug-likeness (QED) is 0.796. The number of hydrogen-bond acceptors (Lipinski definition) is 3. The average Bonchev–Trinajstić information content (AvgIpc) is 2.42. The van der Waals surface area contributed by atoms with Gasteiger partial charge in [-0.05, 0) is 31.1 Å². The Hall–Kier alpha value is -2.17. The Labute approximate surface area is 112 Å². The normalized spacial score (nSPS) is 10.6. The smallest absolute Gasteiger partial charge is 0.328 e. The molecule has 0 atom stereocenters. The minimum atomic E-state index is -1.01. The van der Waals surface area contributed by atoms with Gasteiger partial charge in [-0.25, -0.2) is 4.79 Å². The molecule has 0 aliphatic rings. The number of carbonyl (C=O) groups is 2. The lowest BCUT2D eigenvalue weighted by atomic mass is 10.2. The number of nitrogens with zero attached hydrogens (tertiary/aromatic N) is 2. The zero-order chi connectivity index (χ0) is 14.3. The standard InChI is InChI=1S/C14H18N2O3/c1-3-9-16(4-2)14(19)12-7-5-11(10-15-12)6-8-13(17)18/h5-8,10H,3-4,9H2,1-2H3,(H,17,18). The van der Waals surface area contributed by atoms with E-state index in [1.54, 1.807) is 17.0 Å². The fourth-order valence-corrected chi connectivity index (χ4v) is 1.63. The summed E-state index contributed by atoms with van der Waals surface area (Å²) in [5.41, 5.74) is 1.03. The van der Waals surface area contributed by atoms with E-state index in [2.05, 4.69) is 4.98 Å². The highest BCUT2D eigenvalue weighted by molar-refractivity contribution is 5.92. The van der Waals surface area contributed by atoms with Crippen LogP contribution in [0, 0.1) is 0 Å². The first-order valence-corrected chi connectivity index (χ1v) is 6.24. The first-order valence-electron chi connectivity index (χ1n) is 6.24. The van der Waals surface area contributed by atoms with Crippen LogP contribution < -0.4 is 0 Å². The third-order valence-corrected chi connectivity index (χ3v) is 2.59.